The molecule has 0 bridgehead atoms. The van der Waals surface area contributed by atoms with E-state index in [4.69, 9.17) is 23.7 Å². The molecule has 0 saturated heterocycles. The van der Waals surface area contributed by atoms with E-state index in [1.54, 1.807) is 18.6 Å². The molecule has 1 heterocycles. The van der Waals surface area contributed by atoms with Crippen LogP contribution in [0.1, 0.15) is 12.8 Å². The Balaban J connectivity index is 1.94. The third kappa shape index (κ3) is 4.09. The molecule has 1 atom stereocenters. The van der Waals surface area contributed by atoms with E-state index in [0.29, 0.717) is 12.0 Å². The summed E-state index contributed by atoms with van der Waals surface area (Å²) in [5.41, 5.74) is 12.3. The van der Waals surface area contributed by atoms with Gasteiger partial charge in [-0.3, -0.25) is 9.59 Å². The molecule has 2 rings (SSSR count). The molecule has 1 aliphatic carbocycles. The molecule has 0 fully saturated rings. The number of amides is 2. The molecule has 0 spiro atoms. The van der Waals surface area contributed by atoms with E-state index in [-0.39, 0.29) is 10.9 Å². The topological polar surface area (TPSA) is 116 Å². The van der Waals surface area contributed by atoms with Crippen molar-refractivity contribution in [1.29, 1.82) is 0 Å². The van der Waals surface area contributed by atoms with Gasteiger partial charge in [-0.15, -0.1) is 0 Å². The Kier molecular flexibility index (Phi) is 5.18. The summed E-state index contributed by atoms with van der Waals surface area (Å²) >= 11 is 4.89. The third-order valence-corrected chi connectivity index (χ3v) is 3.65. The molecule has 1 unspecified atom stereocenters. The number of imidazole rings is 1. The van der Waals surface area contributed by atoms with E-state index in [1.807, 2.05) is 16.8 Å². The number of rotatable bonds is 5. The standard InChI is InChI=1S/C14H17N5O2S/c15-11(12(16)20)14(22)18-13(21)10-3-1-9(2-4-10)7-19-6-5-17-8-19/h1,3,5-6,8,11H,2,4,7,15H2,(H2,16,20)(H,18,21,22). The molecule has 5 N–H and O–H groups in total. The van der Waals surface area contributed by atoms with Crippen LogP contribution in [0.2, 0.25) is 0 Å². The molecule has 8 heteroatoms. The summed E-state index contributed by atoms with van der Waals surface area (Å²) in [6.45, 7) is 0.746. The fraction of sp³-hybridized carbons (Fsp3) is 0.286. The minimum absolute atomic E-state index is 0.0633. The minimum Gasteiger partial charge on any atom is -0.368 e. The summed E-state index contributed by atoms with van der Waals surface area (Å²) < 4.78 is 1.96. The predicted octanol–water partition coefficient (Wildman–Crippen LogP) is -0.214. The van der Waals surface area contributed by atoms with Crippen molar-refractivity contribution in [3.63, 3.8) is 0 Å². The number of aromatic nitrogens is 2. The number of allylic oxidation sites excluding steroid dienone is 3. The summed E-state index contributed by atoms with van der Waals surface area (Å²) in [5.74, 6) is -1.12. The van der Waals surface area contributed by atoms with Crippen LogP contribution in [0, 0.1) is 0 Å². The van der Waals surface area contributed by atoms with Crippen molar-refractivity contribution >= 4 is 29.0 Å². The van der Waals surface area contributed by atoms with Crippen LogP contribution in [0.15, 0.2) is 42.0 Å². The maximum Gasteiger partial charge on any atom is 0.252 e. The second-order valence-corrected chi connectivity index (χ2v) is 5.39. The van der Waals surface area contributed by atoms with E-state index in [2.05, 4.69) is 10.3 Å². The van der Waals surface area contributed by atoms with Gasteiger partial charge in [0.25, 0.3) is 5.91 Å². The predicted molar refractivity (Wildman–Crippen MR) is 85.5 cm³/mol. The molecule has 2 amide bonds. The molecular formula is C14H17N5O2S. The molecule has 116 valence electrons. The van der Waals surface area contributed by atoms with Crippen LogP contribution in [0.4, 0.5) is 0 Å². The number of primary amides is 1. The van der Waals surface area contributed by atoms with Crippen LogP contribution in [0.3, 0.4) is 0 Å². The lowest BCUT2D eigenvalue weighted by molar-refractivity contribution is -0.117. The van der Waals surface area contributed by atoms with Crippen molar-refractivity contribution < 1.29 is 9.59 Å². The molecule has 7 nitrogen and oxygen atoms in total. The largest absolute Gasteiger partial charge is 0.368 e. The third-order valence-electron chi connectivity index (χ3n) is 3.30. The monoisotopic (exact) mass is 319 g/mol. The highest BCUT2D eigenvalue weighted by Gasteiger charge is 2.20. The van der Waals surface area contributed by atoms with E-state index in [1.165, 1.54) is 5.57 Å². The van der Waals surface area contributed by atoms with Crippen LogP contribution in [-0.2, 0) is 16.1 Å². The van der Waals surface area contributed by atoms with Gasteiger partial charge in [-0.05, 0) is 12.8 Å². The number of thiocarbonyl (C=S) groups is 1. The molecule has 1 aromatic heterocycles. The lowest BCUT2D eigenvalue weighted by Gasteiger charge is -2.16. The van der Waals surface area contributed by atoms with Gasteiger partial charge in [0.1, 0.15) is 11.0 Å². The van der Waals surface area contributed by atoms with Gasteiger partial charge in [0.2, 0.25) is 5.91 Å². The van der Waals surface area contributed by atoms with Crippen molar-refractivity contribution in [3.05, 3.63) is 42.0 Å². The fourth-order valence-corrected chi connectivity index (χ4v) is 2.22. The van der Waals surface area contributed by atoms with Gasteiger partial charge in [0.05, 0.1) is 6.33 Å². The first-order chi connectivity index (χ1) is 10.5. The number of nitrogens with two attached hydrogens (primary N) is 2. The Morgan fingerprint density at radius 3 is 2.73 bits per heavy atom. The van der Waals surface area contributed by atoms with Gasteiger partial charge in [-0.2, -0.15) is 0 Å². The summed E-state index contributed by atoms with van der Waals surface area (Å²) in [6, 6.07) is -1.16. The van der Waals surface area contributed by atoms with Gasteiger partial charge in [-0.25, -0.2) is 4.98 Å². The van der Waals surface area contributed by atoms with E-state index in [9.17, 15) is 9.59 Å². The highest BCUT2D eigenvalue weighted by molar-refractivity contribution is 7.80. The Bertz CT molecular complexity index is 648. The maximum atomic E-state index is 12.0. The van der Waals surface area contributed by atoms with E-state index < -0.39 is 11.9 Å². The lowest BCUT2D eigenvalue weighted by Crippen LogP contribution is -2.49. The van der Waals surface area contributed by atoms with Crippen LogP contribution >= 0.6 is 12.2 Å². The second-order valence-electron chi connectivity index (χ2n) is 4.95. The first kappa shape index (κ1) is 16.1. The zero-order valence-corrected chi connectivity index (χ0v) is 12.7. The normalized spacial score (nSPS) is 15.5. The molecular weight excluding hydrogens is 302 g/mol. The zero-order valence-electron chi connectivity index (χ0n) is 11.9. The summed E-state index contributed by atoms with van der Waals surface area (Å²) in [7, 11) is 0. The Morgan fingerprint density at radius 1 is 1.41 bits per heavy atom. The van der Waals surface area contributed by atoms with E-state index in [0.717, 1.165) is 13.0 Å². The Labute approximate surface area is 133 Å². The minimum atomic E-state index is -1.16. The number of hydrogen-bond donors (Lipinski definition) is 3. The summed E-state index contributed by atoms with van der Waals surface area (Å²) in [6.07, 6.45) is 10.4. The maximum absolute atomic E-state index is 12.0. The number of carbonyl (C=O) groups is 2. The van der Waals surface area contributed by atoms with E-state index >= 15 is 0 Å². The highest BCUT2D eigenvalue weighted by atomic mass is 32.1. The lowest BCUT2D eigenvalue weighted by atomic mass is 9.97. The van der Waals surface area contributed by atoms with Gasteiger partial charge >= 0.3 is 0 Å². The molecule has 0 aliphatic heterocycles. The molecule has 0 aromatic carbocycles. The van der Waals surface area contributed by atoms with Crippen molar-refractivity contribution in [2.75, 3.05) is 0 Å². The van der Waals surface area contributed by atoms with Crippen molar-refractivity contribution in [2.45, 2.75) is 25.4 Å². The Hall–Kier alpha value is -2.32. The molecule has 1 aromatic rings. The number of carbonyl (C=O) groups excluding carboxylic acids is 2. The van der Waals surface area contributed by atoms with Crippen molar-refractivity contribution in [3.8, 4) is 0 Å². The van der Waals surface area contributed by atoms with Crippen molar-refractivity contribution in [1.82, 2.24) is 14.9 Å². The quantitative estimate of drug-likeness (QED) is 0.649. The van der Waals surface area contributed by atoms with Gasteiger partial charge in [-0.1, -0.05) is 29.9 Å². The van der Waals surface area contributed by atoms with Crippen LogP contribution in [0.25, 0.3) is 0 Å². The molecule has 22 heavy (non-hydrogen) atoms. The number of nitrogens with one attached hydrogen (secondary N) is 1. The fourth-order valence-electron chi connectivity index (χ4n) is 2.02. The SMILES string of the molecule is NC(=O)C(N)C(=S)NC(=O)C1=CC=C(Cn2ccnc2)CC1. The first-order valence-electron chi connectivity index (χ1n) is 6.72. The molecule has 0 saturated carbocycles. The van der Waals surface area contributed by atoms with Crippen LogP contribution < -0.4 is 16.8 Å². The smallest absolute Gasteiger partial charge is 0.252 e. The Morgan fingerprint density at radius 2 is 2.18 bits per heavy atom. The average Bonchev–Trinajstić information content (AvgIpc) is 2.99. The highest BCUT2D eigenvalue weighted by Crippen LogP contribution is 2.19. The van der Waals surface area contributed by atoms with Gasteiger partial charge in [0.15, 0.2) is 0 Å². The second kappa shape index (κ2) is 7.10. The first-order valence-corrected chi connectivity index (χ1v) is 7.12. The summed E-state index contributed by atoms with van der Waals surface area (Å²) in [5, 5.41) is 2.45. The number of hydrogen-bond acceptors (Lipinski definition) is 5. The number of nitrogens with zero attached hydrogens (tertiary/aromatic N) is 2. The van der Waals surface area contributed by atoms with Crippen LogP contribution in [0.5, 0.6) is 0 Å². The molecule has 1 aliphatic rings. The summed E-state index contributed by atoms with van der Waals surface area (Å²) in [4.78, 5) is 26.9. The van der Waals surface area contributed by atoms with Gasteiger partial charge in [0, 0.05) is 24.5 Å². The van der Waals surface area contributed by atoms with Crippen molar-refractivity contribution in [2.24, 2.45) is 11.5 Å². The van der Waals surface area contributed by atoms with Crippen LogP contribution in [-0.4, -0.2) is 32.4 Å². The average molecular weight is 319 g/mol. The molecule has 0 radical (unpaired) electrons. The van der Waals surface area contributed by atoms with Gasteiger partial charge < -0.3 is 21.4 Å². The zero-order chi connectivity index (χ0) is 16.1.